The lowest BCUT2D eigenvalue weighted by Crippen LogP contribution is -2.37. The van der Waals surface area contributed by atoms with Crippen molar-refractivity contribution in [2.24, 2.45) is 0 Å². The van der Waals surface area contributed by atoms with E-state index in [-0.39, 0.29) is 11.5 Å². The molecule has 22 heavy (non-hydrogen) atoms. The summed E-state index contributed by atoms with van der Waals surface area (Å²) in [6, 6.07) is 4.33. The van der Waals surface area contributed by atoms with Gasteiger partial charge in [-0.05, 0) is 44.5 Å². The number of amides is 1. The normalized spacial score (nSPS) is 13.7. The Hall–Kier alpha value is -1.79. The Morgan fingerprint density at radius 3 is 2.45 bits per heavy atom. The Bertz CT molecular complexity index is 699. The molecule has 2 atom stereocenters. The van der Waals surface area contributed by atoms with E-state index in [0.717, 1.165) is 21.9 Å². The molecule has 1 amide bonds. The van der Waals surface area contributed by atoms with Gasteiger partial charge in [0.25, 0.3) is 5.91 Å². The van der Waals surface area contributed by atoms with Crippen LogP contribution in [0.5, 0.6) is 0 Å². The van der Waals surface area contributed by atoms with Crippen molar-refractivity contribution in [1.29, 1.82) is 0 Å². The second-order valence-corrected chi connectivity index (χ2v) is 6.67. The molecule has 2 rings (SSSR count). The highest BCUT2D eigenvalue weighted by Gasteiger charge is 2.21. The van der Waals surface area contributed by atoms with Crippen LogP contribution in [0.1, 0.15) is 38.7 Å². The van der Waals surface area contributed by atoms with Gasteiger partial charge in [-0.2, -0.15) is 0 Å². The molecule has 0 bridgehead atoms. The van der Waals surface area contributed by atoms with Gasteiger partial charge in [0.15, 0.2) is 11.6 Å². The third kappa shape index (κ3) is 3.51. The molecule has 6 heteroatoms. The first-order valence-electron chi connectivity index (χ1n) is 6.80. The van der Waals surface area contributed by atoms with Crippen molar-refractivity contribution in [2.75, 3.05) is 0 Å². The lowest BCUT2D eigenvalue weighted by atomic mass is 10.0. The van der Waals surface area contributed by atoms with E-state index in [2.05, 4.69) is 5.32 Å². The van der Waals surface area contributed by atoms with E-state index < -0.39 is 23.8 Å². The Kier molecular flexibility index (Phi) is 4.93. The molecular weight excluding hydrogens is 308 g/mol. The van der Waals surface area contributed by atoms with Crippen molar-refractivity contribution in [3.05, 3.63) is 56.8 Å². The fourth-order valence-electron chi connectivity index (χ4n) is 2.20. The number of nitrogens with one attached hydrogen (secondary N) is 1. The smallest absolute Gasteiger partial charge is 0.252 e. The first kappa shape index (κ1) is 16.6. The quantitative estimate of drug-likeness (QED) is 0.904. The van der Waals surface area contributed by atoms with E-state index in [1.165, 1.54) is 17.4 Å². The van der Waals surface area contributed by atoms with Crippen LogP contribution in [0.4, 0.5) is 8.78 Å². The molecule has 0 fully saturated rings. The summed E-state index contributed by atoms with van der Waals surface area (Å²) in [6.45, 7) is 5.37. The van der Waals surface area contributed by atoms with Crippen molar-refractivity contribution in [3.63, 3.8) is 0 Å². The molecule has 1 heterocycles. The van der Waals surface area contributed by atoms with Gasteiger partial charge in [0.05, 0.1) is 17.7 Å². The number of carbonyl (C=O) groups is 1. The zero-order valence-corrected chi connectivity index (χ0v) is 13.3. The third-order valence-electron chi connectivity index (χ3n) is 3.40. The summed E-state index contributed by atoms with van der Waals surface area (Å²) in [5.41, 5.74) is 0.775. The van der Waals surface area contributed by atoms with E-state index >= 15 is 0 Å². The largest absolute Gasteiger partial charge is 0.386 e. The van der Waals surface area contributed by atoms with Crippen molar-refractivity contribution >= 4 is 17.2 Å². The number of aliphatic hydroxyl groups is 1. The summed E-state index contributed by atoms with van der Waals surface area (Å²) in [5, 5.41) is 12.9. The molecule has 0 aliphatic carbocycles. The summed E-state index contributed by atoms with van der Waals surface area (Å²) in [7, 11) is 0. The number of hydrogen-bond donors (Lipinski definition) is 2. The van der Waals surface area contributed by atoms with Crippen LogP contribution in [0.3, 0.4) is 0 Å². The summed E-state index contributed by atoms with van der Waals surface area (Å²) in [5.74, 6) is -2.30. The van der Waals surface area contributed by atoms with Crippen LogP contribution in [0.2, 0.25) is 0 Å². The molecule has 118 valence electrons. The van der Waals surface area contributed by atoms with Crippen molar-refractivity contribution < 1.29 is 18.7 Å². The predicted molar refractivity (Wildman–Crippen MR) is 82.0 cm³/mol. The third-order valence-corrected chi connectivity index (χ3v) is 4.37. The van der Waals surface area contributed by atoms with Gasteiger partial charge in [0.1, 0.15) is 0 Å². The number of hydrogen-bond acceptors (Lipinski definition) is 3. The zero-order chi connectivity index (χ0) is 16.4. The molecule has 2 aromatic rings. The second kappa shape index (κ2) is 6.54. The first-order chi connectivity index (χ1) is 10.3. The molecule has 0 aliphatic rings. The van der Waals surface area contributed by atoms with Gasteiger partial charge >= 0.3 is 0 Å². The van der Waals surface area contributed by atoms with E-state index in [0.29, 0.717) is 5.56 Å². The number of rotatable bonds is 4. The summed E-state index contributed by atoms with van der Waals surface area (Å²) < 4.78 is 26.1. The Labute approximate surface area is 131 Å². The van der Waals surface area contributed by atoms with Crippen LogP contribution < -0.4 is 5.32 Å². The van der Waals surface area contributed by atoms with Gasteiger partial charge in [0, 0.05) is 9.75 Å². The van der Waals surface area contributed by atoms with E-state index in [9.17, 15) is 18.7 Å². The monoisotopic (exact) mass is 325 g/mol. The number of carbonyl (C=O) groups excluding carboxylic acids is 1. The van der Waals surface area contributed by atoms with Crippen LogP contribution in [0.25, 0.3) is 0 Å². The van der Waals surface area contributed by atoms with E-state index in [1.807, 2.05) is 13.8 Å². The molecule has 0 saturated heterocycles. The maximum Gasteiger partial charge on any atom is 0.252 e. The molecule has 0 saturated carbocycles. The van der Waals surface area contributed by atoms with Crippen LogP contribution in [0, 0.1) is 25.5 Å². The molecule has 0 spiro atoms. The highest BCUT2D eigenvalue weighted by atomic mass is 32.1. The lowest BCUT2D eigenvalue weighted by Gasteiger charge is -2.20. The van der Waals surface area contributed by atoms with Gasteiger partial charge < -0.3 is 10.4 Å². The minimum atomic E-state index is -1.13. The molecular formula is C16H17F2NO2S. The highest BCUT2D eigenvalue weighted by Crippen LogP contribution is 2.22. The van der Waals surface area contributed by atoms with E-state index in [4.69, 9.17) is 0 Å². The van der Waals surface area contributed by atoms with Crippen LogP contribution in [-0.4, -0.2) is 17.1 Å². The molecule has 3 nitrogen and oxygen atoms in total. The van der Waals surface area contributed by atoms with Crippen LogP contribution in [-0.2, 0) is 0 Å². The SMILES string of the molecule is Cc1cc(C(=O)NC(C)C(O)c2ccc(F)c(F)c2)c(C)s1. The van der Waals surface area contributed by atoms with Gasteiger partial charge in [-0.1, -0.05) is 6.07 Å². The highest BCUT2D eigenvalue weighted by molar-refractivity contribution is 7.12. The molecule has 1 aromatic heterocycles. The Balaban J connectivity index is 2.10. The fraction of sp³-hybridized carbons (Fsp3) is 0.312. The molecule has 1 aromatic carbocycles. The minimum absolute atomic E-state index is 0.213. The van der Waals surface area contributed by atoms with Crippen molar-refractivity contribution in [2.45, 2.75) is 32.9 Å². The van der Waals surface area contributed by atoms with E-state index in [1.54, 1.807) is 13.0 Å². The van der Waals surface area contributed by atoms with Crippen LogP contribution in [0.15, 0.2) is 24.3 Å². The average molecular weight is 325 g/mol. The zero-order valence-electron chi connectivity index (χ0n) is 12.5. The number of aryl methyl sites for hydroxylation is 2. The number of aliphatic hydroxyl groups excluding tert-OH is 1. The predicted octanol–water partition coefficient (Wildman–Crippen LogP) is 3.50. The lowest BCUT2D eigenvalue weighted by molar-refractivity contribution is 0.0851. The maximum absolute atomic E-state index is 13.2. The second-order valence-electron chi connectivity index (χ2n) is 5.21. The summed E-state index contributed by atoms with van der Waals surface area (Å²) in [4.78, 5) is 14.1. The summed E-state index contributed by atoms with van der Waals surface area (Å²) >= 11 is 1.52. The molecule has 0 aliphatic heterocycles. The first-order valence-corrected chi connectivity index (χ1v) is 7.62. The topological polar surface area (TPSA) is 49.3 Å². The summed E-state index contributed by atoms with van der Waals surface area (Å²) in [6.07, 6.45) is -1.13. The number of halogens is 2. The number of thiophene rings is 1. The van der Waals surface area contributed by atoms with Gasteiger partial charge in [-0.3, -0.25) is 4.79 Å². The Morgan fingerprint density at radius 1 is 1.23 bits per heavy atom. The molecule has 2 unspecified atom stereocenters. The minimum Gasteiger partial charge on any atom is -0.386 e. The Morgan fingerprint density at radius 2 is 1.91 bits per heavy atom. The average Bonchev–Trinajstić information content (AvgIpc) is 2.80. The van der Waals surface area contributed by atoms with Gasteiger partial charge in [-0.15, -0.1) is 11.3 Å². The van der Waals surface area contributed by atoms with Gasteiger partial charge in [-0.25, -0.2) is 8.78 Å². The number of benzene rings is 1. The maximum atomic E-state index is 13.2. The van der Waals surface area contributed by atoms with Gasteiger partial charge in [0.2, 0.25) is 0 Å². The molecule has 2 N–H and O–H groups in total. The standard InChI is InChI=1S/C16H17F2NO2S/c1-8-6-12(10(3)22-8)16(21)19-9(2)15(20)11-4-5-13(17)14(18)7-11/h4-7,9,15,20H,1-3H3,(H,19,21). The molecule has 0 radical (unpaired) electrons. The van der Waals surface area contributed by atoms with Crippen LogP contribution >= 0.6 is 11.3 Å². The van der Waals surface area contributed by atoms with Crippen molar-refractivity contribution in [3.8, 4) is 0 Å². The van der Waals surface area contributed by atoms with Crippen molar-refractivity contribution in [1.82, 2.24) is 5.32 Å². The fourth-order valence-corrected chi connectivity index (χ4v) is 3.13.